The molecular formula is C10H13NO2S2. The first kappa shape index (κ1) is 11.0. The van der Waals surface area contributed by atoms with Gasteiger partial charge in [-0.2, -0.15) is 0 Å². The fourth-order valence-corrected chi connectivity index (χ4v) is 3.23. The molecule has 1 saturated heterocycles. The van der Waals surface area contributed by atoms with E-state index < -0.39 is 0 Å². The van der Waals surface area contributed by atoms with Crippen molar-refractivity contribution >= 4 is 29.0 Å². The SMILES string of the molecule is O=C(CSc1cccs1)N1CC[C@@H](O)C1. The maximum Gasteiger partial charge on any atom is 0.233 e. The molecule has 2 rings (SSSR count). The van der Waals surface area contributed by atoms with Crippen molar-refractivity contribution in [1.29, 1.82) is 0 Å². The Hall–Kier alpha value is -0.520. The van der Waals surface area contributed by atoms with Gasteiger partial charge in [0, 0.05) is 13.1 Å². The lowest BCUT2D eigenvalue weighted by Crippen LogP contribution is -2.30. The van der Waals surface area contributed by atoms with E-state index in [0.717, 1.165) is 6.42 Å². The Morgan fingerprint density at radius 1 is 1.73 bits per heavy atom. The minimum atomic E-state index is -0.319. The van der Waals surface area contributed by atoms with Crippen LogP contribution in [-0.4, -0.2) is 40.9 Å². The molecule has 0 spiro atoms. The Bertz CT molecular complexity index is 326. The number of β-amino-alcohol motifs (C(OH)–C–C–N with tert-alkyl or cyclic N) is 1. The van der Waals surface area contributed by atoms with Gasteiger partial charge in [0.1, 0.15) is 0 Å². The Kier molecular flexibility index (Phi) is 3.66. The molecule has 0 saturated carbocycles. The molecule has 82 valence electrons. The van der Waals surface area contributed by atoms with E-state index in [1.807, 2.05) is 17.5 Å². The molecule has 3 nitrogen and oxygen atoms in total. The van der Waals surface area contributed by atoms with Crippen molar-refractivity contribution in [3.05, 3.63) is 17.5 Å². The molecule has 1 amide bonds. The second-order valence-corrected chi connectivity index (χ2v) is 5.73. The number of likely N-dealkylation sites (tertiary alicyclic amines) is 1. The lowest BCUT2D eigenvalue weighted by atomic mass is 10.3. The van der Waals surface area contributed by atoms with Crippen molar-refractivity contribution in [3.63, 3.8) is 0 Å². The van der Waals surface area contributed by atoms with Crippen LogP contribution in [0.25, 0.3) is 0 Å². The normalized spacial score (nSPS) is 20.9. The second-order valence-electron chi connectivity index (χ2n) is 3.50. The summed E-state index contributed by atoms with van der Waals surface area (Å²) < 4.78 is 1.17. The van der Waals surface area contributed by atoms with Gasteiger partial charge in [-0.05, 0) is 17.9 Å². The van der Waals surface area contributed by atoms with E-state index in [1.54, 1.807) is 28.0 Å². The first-order chi connectivity index (χ1) is 7.25. The van der Waals surface area contributed by atoms with Crippen LogP contribution in [0.3, 0.4) is 0 Å². The van der Waals surface area contributed by atoms with E-state index in [4.69, 9.17) is 0 Å². The van der Waals surface area contributed by atoms with E-state index >= 15 is 0 Å². The monoisotopic (exact) mass is 243 g/mol. The fraction of sp³-hybridized carbons (Fsp3) is 0.500. The van der Waals surface area contributed by atoms with Gasteiger partial charge in [-0.15, -0.1) is 23.1 Å². The molecule has 0 radical (unpaired) electrons. The summed E-state index contributed by atoms with van der Waals surface area (Å²) in [7, 11) is 0. The van der Waals surface area contributed by atoms with Crippen LogP contribution < -0.4 is 0 Å². The van der Waals surface area contributed by atoms with Gasteiger partial charge in [-0.3, -0.25) is 4.79 Å². The largest absolute Gasteiger partial charge is 0.391 e. The minimum Gasteiger partial charge on any atom is -0.391 e. The third kappa shape index (κ3) is 2.96. The number of aliphatic hydroxyl groups is 1. The van der Waals surface area contributed by atoms with Gasteiger partial charge >= 0.3 is 0 Å². The van der Waals surface area contributed by atoms with E-state index in [2.05, 4.69) is 0 Å². The Balaban J connectivity index is 1.78. The van der Waals surface area contributed by atoms with Crippen LogP contribution in [0.15, 0.2) is 21.7 Å². The van der Waals surface area contributed by atoms with Crippen molar-refractivity contribution in [2.45, 2.75) is 16.7 Å². The molecule has 1 aliphatic heterocycles. The molecule has 15 heavy (non-hydrogen) atoms. The van der Waals surface area contributed by atoms with Crippen molar-refractivity contribution in [2.75, 3.05) is 18.8 Å². The van der Waals surface area contributed by atoms with Crippen LogP contribution in [0.4, 0.5) is 0 Å². The highest BCUT2D eigenvalue weighted by molar-refractivity contribution is 8.01. The fourth-order valence-electron chi connectivity index (χ4n) is 1.54. The summed E-state index contributed by atoms with van der Waals surface area (Å²) in [5.41, 5.74) is 0. The predicted octanol–water partition coefficient (Wildman–Crippen LogP) is 1.43. The number of carbonyl (C=O) groups is 1. The van der Waals surface area contributed by atoms with Gasteiger partial charge in [0.2, 0.25) is 5.91 Å². The number of thioether (sulfide) groups is 1. The van der Waals surface area contributed by atoms with Crippen LogP contribution in [-0.2, 0) is 4.79 Å². The highest BCUT2D eigenvalue weighted by Gasteiger charge is 2.24. The Labute approximate surface area is 97.1 Å². The third-order valence-electron chi connectivity index (χ3n) is 2.35. The lowest BCUT2D eigenvalue weighted by Gasteiger charge is -2.14. The Morgan fingerprint density at radius 2 is 2.60 bits per heavy atom. The molecule has 1 N–H and O–H groups in total. The molecule has 0 aliphatic carbocycles. The standard InChI is InChI=1S/C10H13NO2S2/c12-8-3-4-11(6-8)9(13)7-15-10-2-1-5-14-10/h1-2,5,8,12H,3-4,6-7H2/t8-/m1/s1. The molecule has 1 aliphatic rings. The summed E-state index contributed by atoms with van der Waals surface area (Å²) in [6.45, 7) is 1.20. The molecular weight excluding hydrogens is 230 g/mol. The summed E-state index contributed by atoms with van der Waals surface area (Å²) >= 11 is 3.22. The van der Waals surface area contributed by atoms with Crippen molar-refractivity contribution < 1.29 is 9.90 Å². The topological polar surface area (TPSA) is 40.5 Å². The van der Waals surface area contributed by atoms with E-state index in [1.165, 1.54) is 4.21 Å². The smallest absolute Gasteiger partial charge is 0.233 e. The second kappa shape index (κ2) is 5.01. The number of carbonyl (C=O) groups excluding carboxylic acids is 1. The first-order valence-corrected chi connectivity index (χ1v) is 6.74. The molecule has 1 fully saturated rings. The molecule has 1 aromatic rings. The number of rotatable bonds is 3. The van der Waals surface area contributed by atoms with Gasteiger partial charge < -0.3 is 10.0 Å². The average Bonchev–Trinajstić information content (AvgIpc) is 2.84. The van der Waals surface area contributed by atoms with E-state index in [-0.39, 0.29) is 12.0 Å². The zero-order valence-electron chi connectivity index (χ0n) is 8.26. The zero-order valence-corrected chi connectivity index (χ0v) is 9.89. The molecule has 0 bridgehead atoms. The van der Waals surface area contributed by atoms with Crippen LogP contribution in [0.2, 0.25) is 0 Å². The quantitative estimate of drug-likeness (QED) is 0.817. The molecule has 0 aromatic carbocycles. The minimum absolute atomic E-state index is 0.130. The predicted molar refractivity (Wildman–Crippen MR) is 62.2 cm³/mol. The number of hydrogen-bond donors (Lipinski definition) is 1. The number of aliphatic hydroxyl groups excluding tert-OH is 1. The maximum absolute atomic E-state index is 11.7. The average molecular weight is 243 g/mol. The summed E-state index contributed by atoms with van der Waals surface area (Å²) in [5.74, 6) is 0.609. The number of nitrogens with zero attached hydrogens (tertiary/aromatic N) is 1. The van der Waals surface area contributed by atoms with Crippen LogP contribution >= 0.6 is 23.1 Å². The van der Waals surface area contributed by atoms with Crippen LogP contribution in [0.5, 0.6) is 0 Å². The van der Waals surface area contributed by atoms with Crippen LogP contribution in [0.1, 0.15) is 6.42 Å². The van der Waals surface area contributed by atoms with E-state index in [9.17, 15) is 9.90 Å². The summed E-state index contributed by atoms with van der Waals surface area (Å²) in [6.07, 6.45) is 0.399. The third-order valence-corrected chi connectivity index (χ3v) is 4.46. The van der Waals surface area contributed by atoms with Gasteiger partial charge in [-0.1, -0.05) is 6.07 Å². The summed E-state index contributed by atoms with van der Waals surface area (Å²) in [4.78, 5) is 13.4. The molecule has 2 heterocycles. The lowest BCUT2D eigenvalue weighted by molar-refractivity contribution is -0.127. The molecule has 1 aromatic heterocycles. The maximum atomic E-state index is 11.7. The van der Waals surface area contributed by atoms with E-state index in [0.29, 0.717) is 18.8 Å². The molecule has 5 heteroatoms. The summed E-state index contributed by atoms with van der Waals surface area (Å²) in [6, 6.07) is 4.00. The zero-order chi connectivity index (χ0) is 10.7. The number of thiophene rings is 1. The van der Waals surface area contributed by atoms with Crippen LogP contribution in [0, 0.1) is 0 Å². The first-order valence-electron chi connectivity index (χ1n) is 4.88. The van der Waals surface area contributed by atoms with Crippen molar-refractivity contribution in [3.8, 4) is 0 Å². The molecule has 1 atom stereocenters. The van der Waals surface area contributed by atoms with Crippen molar-refractivity contribution in [2.24, 2.45) is 0 Å². The number of amides is 1. The number of hydrogen-bond acceptors (Lipinski definition) is 4. The van der Waals surface area contributed by atoms with Gasteiger partial charge in [0.15, 0.2) is 0 Å². The van der Waals surface area contributed by atoms with Gasteiger partial charge in [0.05, 0.1) is 16.1 Å². The summed E-state index contributed by atoms with van der Waals surface area (Å²) in [5, 5.41) is 11.3. The highest BCUT2D eigenvalue weighted by Crippen LogP contribution is 2.24. The van der Waals surface area contributed by atoms with Gasteiger partial charge in [0.25, 0.3) is 0 Å². The van der Waals surface area contributed by atoms with Gasteiger partial charge in [-0.25, -0.2) is 0 Å². The molecule has 0 unspecified atom stereocenters. The van der Waals surface area contributed by atoms with Crippen molar-refractivity contribution in [1.82, 2.24) is 4.90 Å². The highest BCUT2D eigenvalue weighted by atomic mass is 32.2. The Morgan fingerprint density at radius 3 is 3.20 bits per heavy atom.